The summed E-state index contributed by atoms with van der Waals surface area (Å²) in [5, 5.41) is 13.6. The maximum atomic E-state index is 12.5. The number of amides is 1. The summed E-state index contributed by atoms with van der Waals surface area (Å²) < 4.78 is 26.1. The Bertz CT molecular complexity index is 691. The van der Waals surface area contributed by atoms with Crippen molar-refractivity contribution in [1.29, 1.82) is 0 Å². The largest absolute Gasteiger partial charge is 0.355 e. The minimum Gasteiger partial charge on any atom is -0.355 e. The van der Waals surface area contributed by atoms with Crippen LogP contribution in [0.5, 0.6) is 0 Å². The predicted octanol–water partition coefficient (Wildman–Crippen LogP) is 0.759. The van der Waals surface area contributed by atoms with Gasteiger partial charge >= 0.3 is 0 Å². The number of nitrogens with zero attached hydrogens (tertiary/aromatic N) is 2. The van der Waals surface area contributed by atoms with E-state index in [4.69, 9.17) is 11.6 Å². The molecule has 1 amide bonds. The van der Waals surface area contributed by atoms with E-state index >= 15 is 0 Å². The van der Waals surface area contributed by atoms with Crippen molar-refractivity contribution >= 4 is 33.2 Å². The molecule has 0 radical (unpaired) electrons. The first-order valence-corrected chi connectivity index (χ1v) is 7.85. The zero-order valence-corrected chi connectivity index (χ0v) is 12.4. The number of rotatable bonds is 3. The van der Waals surface area contributed by atoms with Crippen LogP contribution in [0, 0.1) is 10.1 Å². The van der Waals surface area contributed by atoms with Gasteiger partial charge in [0, 0.05) is 37.1 Å². The zero-order valence-electron chi connectivity index (χ0n) is 10.8. The lowest BCUT2D eigenvalue weighted by atomic mass is 10.3. The van der Waals surface area contributed by atoms with Crippen molar-refractivity contribution in [2.75, 3.05) is 19.6 Å². The second kappa shape index (κ2) is 5.96. The lowest BCUT2D eigenvalue weighted by molar-refractivity contribution is -0.387. The maximum absolute atomic E-state index is 12.5. The summed E-state index contributed by atoms with van der Waals surface area (Å²) in [4.78, 5) is 21.1. The number of nitro benzene ring substituents is 1. The summed E-state index contributed by atoms with van der Waals surface area (Å²) in [7, 11) is -4.06. The first kappa shape index (κ1) is 15.7. The fraction of sp³-hybridized carbons (Fsp3) is 0.364. The highest BCUT2D eigenvalue weighted by Gasteiger charge is 2.32. The smallest absolute Gasteiger partial charge is 0.290 e. The third-order valence-electron chi connectivity index (χ3n) is 3.01. The highest BCUT2D eigenvalue weighted by molar-refractivity contribution is 7.89. The van der Waals surface area contributed by atoms with Crippen LogP contribution in [0.1, 0.15) is 6.42 Å². The molecule has 0 saturated carbocycles. The van der Waals surface area contributed by atoms with Crippen LogP contribution in [0.3, 0.4) is 0 Å². The van der Waals surface area contributed by atoms with Gasteiger partial charge in [-0.2, -0.15) is 4.31 Å². The molecule has 1 heterocycles. The van der Waals surface area contributed by atoms with Crippen LogP contribution in [0.15, 0.2) is 23.1 Å². The fourth-order valence-corrected chi connectivity index (χ4v) is 3.72. The van der Waals surface area contributed by atoms with Crippen molar-refractivity contribution in [2.45, 2.75) is 11.3 Å². The summed E-state index contributed by atoms with van der Waals surface area (Å²) in [5.74, 6) is -0.252. The standard InChI is InChI=1S/C11H12ClN3O5S/c12-8-1-2-10(9(7-8)15(17)18)21(19,20)14-5-3-11(16)13-4-6-14/h1-2,7H,3-6H2,(H,13,16). The van der Waals surface area contributed by atoms with Crippen molar-refractivity contribution in [3.63, 3.8) is 0 Å². The SMILES string of the molecule is O=C1CCN(S(=O)(=O)c2ccc(Cl)cc2[N+](=O)[O-])CCN1. The summed E-state index contributed by atoms with van der Waals surface area (Å²) in [6, 6.07) is 3.38. The molecule has 0 aromatic heterocycles. The van der Waals surface area contributed by atoms with E-state index in [0.29, 0.717) is 0 Å². The number of halogens is 1. The van der Waals surface area contributed by atoms with Crippen LogP contribution >= 0.6 is 11.6 Å². The van der Waals surface area contributed by atoms with Crippen molar-refractivity contribution in [3.8, 4) is 0 Å². The number of hydrogen-bond acceptors (Lipinski definition) is 5. The third-order valence-corrected chi connectivity index (χ3v) is 5.19. The van der Waals surface area contributed by atoms with Crippen molar-refractivity contribution in [2.24, 2.45) is 0 Å². The molecule has 21 heavy (non-hydrogen) atoms. The Morgan fingerprint density at radius 1 is 1.33 bits per heavy atom. The van der Waals surface area contributed by atoms with Crippen molar-refractivity contribution in [1.82, 2.24) is 9.62 Å². The van der Waals surface area contributed by atoms with Gasteiger partial charge in [-0.1, -0.05) is 11.6 Å². The molecular weight excluding hydrogens is 322 g/mol. The Hall–Kier alpha value is -1.71. The second-order valence-corrected chi connectivity index (χ2v) is 6.72. The highest BCUT2D eigenvalue weighted by atomic mass is 35.5. The van der Waals surface area contributed by atoms with Gasteiger partial charge in [0.25, 0.3) is 5.69 Å². The van der Waals surface area contributed by atoms with Gasteiger partial charge in [0.2, 0.25) is 15.9 Å². The molecule has 1 saturated heterocycles. The van der Waals surface area contributed by atoms with Crippen LogP contribution in [-0.2, 0) is 14.8 Å². The number of carbonyl (C=O) groups excluding carboxylic acids is 1. The number of nitrogens with one attached hydrogen (secondary N) is 1. The minimum atomic E-state index is -4.06. The molecule has 0 atom stereocenters. The van der Waals surface area contributed by atoms with Crippen LogP contribution in [-0.4, -0.2) is 43.2 Å². The molecule has 1 aromatic carbocycles. The number of benzene rings is 1. The molecule has 1 N–H and O–H groups in total. The molecule has 1 fully saturated rings. The van der Waals surface area contributed by atoms with Crippen LogP contribution in [0.4, 0.5) is 5.69 Å². The van der Waals surface area contributed by atoms with E-state index in [-0.39, 0.29) is 37.0 Å². The number of hydrogen-bond donors (Lipinski definition) is 1. The van der Waals surface area contributed by atoms with Gasteiger partial charge in [-0.15, -0.1) is 0 Å². The molecule has 1 aliphatic heterocycles. The van der Waals surface area contributed by atoms with Gasteiger partial charge < -0.3 is 5.32 Å². The van der Waals surface area contributed by atoms with E-state index in [9.17, 15) is 23.3 Å². The van der Waals surface area contributed by atoms with Crippen molar-refractivity contribution in [3.05, 3.63) is 33.3 Å². The summed E-state index contributed by atoms with van der Waals surface area (Å²) in [6.45, 7) is 0.210. The predicted molar refractivity (Wildman–Crippen MR) is 74.5 cm³/mol. The normalized spacial score (nSPS) is 17.1. The molecule has 0 bridgehead atoms. The Labute approximate surface area is 125 Å². The van der Waals surface area contributed by atoms with E-state index in [0.717, 1.165) is 16.4 Å². The maximum Gasteiger partial charge on any atom is 0.290 e. The number of sulfonamides is 1. The highest BCUT2D eigenvalue weighted by Crippen LogP contribution is 2.29. The Kier molecular flexibility index (Phi) is 4.45. The molecular formula is C11H12ClN3O5S. The van der Waals surface area contributed by atoms with E-state index < -0.39 is 25.5 Å². The molecule has 2 rings (SSSR count). The monoisotopic (exact) mass is 333 g/mol. The Morgan fingerprint density at radius 2 is 2.05 bits per heavy atom. The Balaban J connectivity index is 2.44. The fourth-order valence-electron chi connectivity index (χ4n) is 1.98. The minimum absolute atomic E-state index is 0.0145. The van der Waals surface area contributed by atoms with Gasteiger partial charge in [0.05, 0.1) is 4.92 Å². The molecule has 1 aliphatic rings. The quantitative estimate of drug-likeness (QED) is 0.648. The molecule has 8 nitrogen and oxygen atoms in total. The summed E-state index contributed by atoms with van der Waals surface area (Å²) in [6.07, 6.45) is 0.0145. The van der Waals surface area contributed by atoms with E-state index in [1.54, 1.807) is 0 Å². The molecule has 0 spiro atoms. The number of carbonyl (C=O) groups is 1. The Morgan fingerprint density at radius 3 is 2.71 bits per heavy atom. The first-order chi connectivity index (χ1) is 9.82. The van der Waals surface area contributed by atoms with Gasteiger partial charge in [-0.25, -0.2) is 8.42 Å². The molecule has 1 aromatic rings. The van der Waals surface area contributed by atoms with Gasteiger partial charge in [-0.05, 0) is 12.1 Å². The molecule has 10 heteroatoms. The molecule has 0 unspecified atom stereocenters. The van der Waals surface area contributed by atoms with Crippen LogP contribution < -0.4 is 5.32 Å². The van der Waals surface area contributed by atoms with E-state index in [2.05, 4.69) is 5.32 Å². The van der Waals surface area contributed by atoms with Crippen molar-refractivity contribution < 1.29 is 18.1 Å². The third kappa shape index (κ3) is 3.31. The number of nitro groups is 1. The van der Waals surface area contributed by atoms with Crippen LogP contribution in [0.25, 0.3) is 0 Å². The zero-order chi connectivity index (χ0) is 15.6. The molecule has 0 aliphatic carbocycles. The average Bonchev–Trinajstić information content (AvgIpc) is 2.63. The van der Waals surface area contributed by atoms with Crippen LogP contribution in [0.2, 0.25) is 5.02 Å². The van der Waals surface area contributed by atoms with E-state index in [1.165, 1.54) is 6.07 Å². The second-order valence-electron chi connectivity index (χ2n) is 4.37. The molecule has 114 valence electrons. The first-order valence-electron chi connectivity index (χ1n) is 6.03. The van der Waals surface area contributed by atoms with E-state index in [1.807, 2.05) is 0 Å². The summed E-state index contributed by atoms with van der Waals surface area (Å²) >= 11 is 5.67. The van der Waals surface area contributed by atoms with Gasteiger partial charge in [-0.3, -0.25) is 14.9 Å². The van der Waals surface area contributed by atoms with Gasteiger partial charge in [0.15, 0.2) is 4.90 Å². The topological polar surface area (TPSA) is 110 Å². The van der Waals surface area contributed by atoms with Gasteiger partial charge in [0.1, 0.15) is 0 Å². The average molecular weight is 334 g/mol. The lowest BCUT2D eigenvalue weighted by Crippen LogP contribution is -2.34. The summed E-state index contributed by atoms with van der Waals surface area (Å²) in [5.41, 5.74) is -0.578. The lowest BCUT2D eigenvalue weighted by Gasteiger charge is -2.19.